The van der Waals surface area contributed by atoms with Crippen molar-refractivity contribution in [2.45, 2.75) is 30.3 Å². The van der Waals surface area contributed by atoms with Gasteiger partial charge in [-0.3, -0.25) is 9.59 Å². The summed E-state index contributed by atoms with van der Waals surface area (Å²) in [7, 11) is 7.78. The van der Waals surface area contributed by atoms with Gasteiger partial charge in [-0.15, -0.1) is 0 Å². The maximum absolute atomic E-state index is 12.7. The predicted molar refractivity (Wildman–Crippen MR) is 119 cm³/mol. The van der Waals surface area contributed by atoms with Gasteiger partial charge in [-0.2, -0.15) is 4.98 Å². The lowest BCUT2D eigenvalue weighted by molar-refractivity contribution is 0.0973. The number of nitrogens with zero attached hydrogens (tertiary/aromatic N) is 3. The molecule has 1 aliphatic carbocycles. The first-order valence-electron chi connectivity index (χ1n) is 9.89. The highest BCUT2D eigenvalue weighted by molar-refractivity contribution is 6.58. The Morgan fingerprint density at radius 1 is 1.28 bits per heavy atom. The second-order valence-electron chi connectivity index (χ2n) is 8.82. The van der Waals surface area contributed by atoms with E-state index in [2.05, 4.69) is 22.3 Å². The summed E-state index contributed by atoms with van der Waals surface area (Å²) in [6.07, 6.45) is 3.93. The molecule has 0 radical (unpaired) electrons. The third-order valence-corrected chi connectivity index (χ3v) is 5.51. The normalized spacial score (nSPS) is 16.0. The number of fused-ring (bicyclic) bond motifs is 1. The van der Waals surface area contributed by atoms with E-state index in [-0.39, 0.29) is 22.4 Å². The van der Waals surface area contributed by atoms with E-state index in [9.17, 15) is 9.59 Å². The topological polar surface area (TPSA) is 78.0 Å². The molecule has 2 heterocycles. The van der Waals surface area contributed by atoms with Crippen LogP contribution < -0.4 is 5.56 Å². The summed E-state index contributed by atoms with van der Waals surface area (Å²) in [4.78, 5) is 28.8. The number of Topliss-reactive ketones (excluding diaryl/α,β-unsaturated/α-hetero) is 1. The highest BCUT2D eigenvalue weighted by Gasteiger charge is 2.27. The van der Waals surface area contributed by atoms with Gasteiger partial charge in [0.15, 0.2) is 5.78 Å². The number of aromatic nitrogens is 3. The summed E-state index contributed by atoms with van der Waals surface area (Å²) in [6, 6.07) is 9.27. The van der Waals surface area contributed by atoms with Crippen LogP contribution in [0.4, 0.5) is 0 Å². The van der Waals surface area contributed by atoms with Gasteiger partial charge in [-0.25, -0.2) is 0 Å². The van der Waals surface area contributed by atoms with Crippen LogP contribution in [-0.2, 0) is 18.6 Å². The first kappa shape index (κ1) is 19.5. The van der Waals surface area contributed by atoms with Crippen molar-refractivity contribution < 1.29 is 9.32 Å². The Morgan fingerprint density at radius 2 is 2.07 bits per heavy atom. The maximum Gasteiger partial charge on any atom is 0.250 e. The molecule has 144 valence electrons. The van der Waals surface area contributed by atoms with Crippen LogP contribution in [0, 0.1) is 0 Å². The average molecular weight is 385 g/mol. The molecule has 0 aliphatic heterocycles. The van der Waals surface area contributed by atoms with Crippen LogP contribution in [0.3, 0.4) is 0 Å². The van der Waals surface area contributed by atoms with Crippen LogP contribution in [0.2, 0.25) is 0 Å². The van der Waals surface area contributed by atoms with E-state index in [4.69, 9.17) is 4.52 Å². The van der Waals surface area contributed by atoms with Crippen molar-refractivity contribution in [3.05, 3.63) is 69.5 Å². The van der Waals surface area contributed by atoms with Gasteiger partial charge < -0.3 is 9.09 Å². The number of benzene rings is 1. The number of hydrogen-bond acceptors (Lipinski definition) is 5. The molecule has 6 nitrogen and oxygen atoms in total. The van der Waals surface area contributed by atoms with E-state index in [1.807, 2.05) is 29.6 Å². The number of hydrogen-bond donors (Lipinski definition) is 0. The molecule has 0 saturated heterocycles. The standard InChI is InChI=1S/C20H22B3N3O3/c1-26-10-14(5-7-17(26)28)16(27)9-12-3-2-11-8-13(4-6-15(11)12)18-24-19(29-25-18)20(21,22)23/h4-8,10,12H,2-3,9,21-23H2,1H3/t12-/m0/s1. The molecular formula is C20H22B3N3O3. The monoisotopic (exact) mass is 385 g/mol. The van der Waals surface area contributed by atoms with Gasteiger partial charge in [-0.05, 0) is 47.1 Å². The van der Waals surface area contributed by atoms with Crippen LogP contribution in [0.1, 0.15) is 46.1 Å². The smallest absolute Gasteiger partial charge is 0.250 e. The highest BCUT2D eigenvalue weighted by Crippen LogP contribution is 2.38. The van der Waals surface area contributed by atoms with Crippen molar-refractivity contribution in [2.75, 3.05) is 0 Å². The first-order valence-corrected chi connectivity index (χ1v) is 9.89. The van der Waals surface area contributed by atoms with Crippen molar-refractivity contribution >= 4 is 29.3 Å². The average Bonchev–Trinajstić information content (AvgIpc) is 3.31. The minimum absolute atomic E-state index is 0.0653. The molecule has 1 aromatic carbocycles. The fourth-order valence-electron chi connectivity index (χ4n) is 3.80. The Kier molecular flexibility index (Phi) is 4.85. The second-order valence-corrected chi connectivity index (χ2v) is 8.82. The van der Waals surface area contributed by atoms with Crippen molar-refractivity contribution in [2.24, 2.45) is 7.05 Å². The fraction of sp³-hybridized carbons (Fsp3) is 0.300. The van der Waals surface area contributed by atoms with Crippen molar-refractivity contribution in [3.63, 3.8) is 0 Å². The van der Waals surface area contributed by atoms with Crippen LogP contribution in [0.15, 0.2) is 45.8 Å². The molecule has 1 aliphatic rings. The summed E-state index contributed by atoms with van der Waals surface area (Å²) in [5, 5.41) is 3.95. The lowest BCUT2D eigenvalue weighted by atomic mass is 9.42. The summed E-state index contributed by atoms with van der Waals surface area (Å²) >= 11 is 0. The Morgan fingerprint density at radius 3 is 2.76 bits per heavy atom. The molecule has 0 fully saturated rings. The molecular weight excluding hydrogens is 363 g/mol. The molecule has 3 aromatic rings. The highest BCUT2D eigenvalue weighted by atomic mass is 16.5. The molecule has 0 amide bonds. The molecule has 9 heteroatoms. The van der Waals surface area contributed by atoms with Gasteiger partial charge in [-0.1, -0.05) is 17.3 Å². The van der Waals surface area contributed by atoms with E-state index in [0.29, 0.717) is 23.7 Å². The molecule has 1 atom stereocenters. The SMILES string of the molecule is BC(B)(B)c1nc(-c2ccc3c(c2)CC[C@H]3CC(=O)c2ccc(=O)n(C)c2)no1. The minimum Gasteiger partial charge on any atom is -0.341 e. The van der Waals surface area contributed by atoms with E-state index in [1.165, 1.54) is 21.8 Å². The number of ketones is 1. The number of pyridine rings is 1. The summed E-state index contributed by atoms with van der Waals surface area (Å²) in [6.45, 7) is 0. The molecule has 29 heavy (non-hydrogen) atoms. The van der Waals surface area contributed by atoms with E-state index >= 15 is 0 Å². The van der Waals surface area contributed by atoms with E-state index < -0.39 is 0 Å². The molecule has 0 N–H and O–H groups in total. The zero-order valence-electron chi connectivity index (χ0n) is 17.2. The Labute approximate surface area is 171 Å². The summed E-state index contributed by atoms with van der Waals surface area (Å²) in [5.41, 5.74) is 3.86. The van der Waals surface area contributed by atoms with E-state index in [1.54, 1.807) is 19.3 Å². The second kappa shape index (κ2) is 7.21. The zero-order valence-corrected chi connectivity index (χ0v) is 17.2. The van der Waals surface area contributed by atoms with Crippen LogP contribution in [0.5, 0.6) is 0 Å². The molecule has 4 rings (SSSR count). The van der Waals surface area contributed by atoms with Crippen molar-refractivity contribution in [3.8, 4) is 11.4 Å². The Balaban J connectivity index is 1.54. The van der Waals surface area contributed by atoms with Crippen molar-refractivity contribution in [1.29, 1.82) is 0 Å². The molecule has 2 aromatic heterocycles. The van der Waals surface area contributed by atoms with Gasteiger partial charge in [0.1, 0.15) is 23.5 Å². The summed E-state index contributed by atoms with van der Waals surface area (Å²) < 4.78 is 6.86. The number of rotatable bonds is 5. The van der Waals surface area contributed by atoms with Crippen LogP contribution in [0.25, 0.3) is 11.4 Å². The first-order chi connectivity index (χ1) is 13.7. The quantitative estimate of drug-likeness (QED) is 0.447. The number of carbonyl (C=O) groups excluding carboxylic acids is 1. The molecule has 0 bridgehead atoms. The predicted octanol–water partition coefficient (Wildman–Crippen LogP) is -0.252. The van der Waals surface area contributed by atoms with Gasteiger partial charge >= 0.3 is 0 Å². The Bertz CT molecular complexity index is 1150. The molecule has 0 unspecified atom stereocenters. The fourth-order valence-corrected chi connectivity index (χ4v) is 3.80. The number of carbonyl (C=O) groups is 1. The lowest BCUT2D eigenvalue weighted by Crippen LogP contribution is -2.27. The Hall–Kier alpha value is -2.83. The third-order valence-electron chi connectivity index (χ3n) is 5.51. The maximum atomic E-state index is 12.7. The largest absolute Gasteiger partial charge is 0.341 e. The lowest BCUT2D eigenvalue weighted by Gasteiger charge is -2.12. The zero-order chi connectivity index (χ0) is 20.8. The van der Waals surface area contributed by atoms with E-state index in [0.717, 1.165) is 18.4 Å². The van der Waals surface area contributed by atoms with Gasteiger partial charge in [0.05, 0.1) is 0 Å². The summed E-state index contributed by atoms with van der Waals surface area (Å²) in [5.74, 6) is 1.48. The minimum atomic E-state index is -0.186. The molecule has 0 spiro atoms. The van der Waals surface area contributed by atoms with Crippen LogP contribution >= 0.6 is 0 Å². The van der Waals surface area contributed by atoms with Gasteiger partial charge in [0.25, 0.3) is 0 Å². The van der Waals surface area contributed by atoms with Crippen LogP contribution in [-0.4, -0.2) is 44.0 Å². The van der Waals surface area contributed by atoms with Gasteiger partial charge in [0.2, 0.25) is 17.3 Å². The number of aryl methyl sites for hydroxylation is 2. The van der Waals surface area contributed by atoms with Gasteiger partial charge in [0, 0.05) is 36.9 Å². The van der Waals surface area contributed by atoms with Crippen molar-refractivity contribution in [1.82, 2.24) is 14.7 Å². The third kappa shape index (κ3) is 3.86. The molecule has 0 saturated carbocycles.